The molecule has 0 fully saturated rings. The van der Waals surface area contributed by atoms with Crippen LogP contribution in [0.3, 0.4) is 0 Å². The number of hydrogen-bond acceptors (Lipinski definition) is 5. The second-order valence-corrected chi connectivity index (χ2v) is 4.82. The smallest absolute Gasteiger partial charge is 0.245 e. The maximum absolute atomic E-state index is 5.76. The fourth-order valence-corrected chi connectivity index (χ4v) is 2.07. The fraction of sp³-hybridized carbons (Fsp3) is 0.643. The molecule has 0 amide bonds. The number of anilines is 1. The summed E-state index contributed by atoms with van der Waals surface area (Å²) in [4.78, 5) is 15.7. The maximum Gasteiger partial charge on any atom is 0.245 e. The molecule has 0 aromatic carbocycles. The summed E-state index contributed by atoms with van der Waals surface area (Å²) in [6, 6.07) is 0. The van der Waals surface area contributed by atoms with Gasteiger partial charge in [-0.15, -0.1) is 0 Å². The van der Waals surface area contributed by atoms with E-state index >= 15 is 0 Å². The summed E-state index contributed by atoms with van der Waals surface area (Å²) >= 11 is 0. The molecule has 0 aliphatic heterocycles. The van der Waals surface area contributed by atoms with Crippen LogP contribution in [0.15, 0.2) is 6.33 Å². The Kier molecular flexibility index (Phi) is 5.58. The normalized spacial score (nSPS) is 10.9. The number of nitrogens with one attached hydrogen (secondary N) is 2. The van der Waals surface area contributed by atoms with E-state index in [0.717, 1.165) is 11.9 Å². The monoisotopic (exact) mass is 277 g/mol. The molecular weight excluding hydrogens is 254 g/mol. The zero-order valence-corrected chi connectivity index (χ0v) is 12.3. The molecule has 0 saturated carbocycles. The number of ether oxygens (including phenoxy) is 1. The van der Waals surface area contributed by atoms with Gasteiger partial charge in [-0.05, 0) is 6.42 Å². The van der Waals surface area contributed by atoms with Gasteiger partial charge in [0, 0.05) is 7.05 Å². The average molecular weight is 277 g/mol. The number of rotatable bonds is 9. The minimum atomic E-state index is 0.530. The van der Waals surface area contributed by atoms with Gasteiger partial charge in [-0.2, -0.15) is 9.97 Å². The van der Waals surface area contributed by atoms with Crippen LogP contribution < -0.4 is 10.1 Å². The van der Waals surface area contributed by atoms with Crippen molar-refractivity contribution in [3.63, 3.8) is 0 Å². The minimum absolute atomic E-state index is 0.530. The van der Waals surface area contributed by atoms with E-state index in [0.29, 0.717) is 24.1 Å². The summed E-state index contributed by atoms with van der Waals surface area (Å²) < 4.78 is 5.76. The molecule has 2 N–H and O–H groups in total. The minimum Gasteiger partial charge on any atom is -0.476 e. The van der Waals surface area contributed by atoms with E-state index in [1.807, 2.05) is 0 Å². The Morgan fingerprint density at radius 2 is 1.95 bits per heavy atom. The molecule has 110 valence electrons. The summed E-state index contributed by atoms with van der Waals surface area (Å²) in [5.74, 6) is 1.10. The zero-order valence-electron chi connectivity index (χ0n) is 12.3. The van der Waals surface area contributed by atoms with Gasteiger partial charge in [0.1, 0.15) is 5.52 Å². The first-order valence-electron chi connectivity index (χ1n) is 7.36. The van der Waals surface area contributed by atoms with E-state index in [2.05, 4.69) is 32.2 Å². The van der Waals surface area contributed by atoms with Crippen LogP contribution in [0.1, 0.15) is 45.4 Å². The lowest BCUT2D eigenvalue weighted by atomic mass is 10.1. The van der Waals surface area contributed by atoms with Crippen molar-refractivity contribution in [2.45, 2.75) is 45.4 Å². The largest absolute Gasteiger partial charge is 0.476 e. The summed E-state index contributed by atoms with van der Waals surface area (Å²) in [5, 5.41) is 2.92. The predicted octanol–water partition coefficient (Wildman–Crippen LogP) is 3.13. The van der Waals surface area contributed by atoms with Gasteiger partial charge in [0.05, 0.1) is 12.9 Å². The quantitative estimate of drug-likeness (QED) is 0.689. The number of unbranched alkanes of at least 4 members (excludes halogenated alkanes) is 5. The number of fused-ring (bicyclic) bond motifs is 1. The summed E-state index contributed by atoms with van der Waals surface area (Å²) in [6.07, 6.45) is 9.07. The zero-order chi connectivity index (χ0) is 14.2. The average Bonchev–Trinajstić information content (AvgIpc) is 2.94. The van der Waals surface area contributed by atoms with Gasteiger partial charge in [0.2, 0.25) is 11.8 Å². The third-order valence-corrected chi connectivity index (χ3v) is 3.21. The van der Waals surface area contributed by atoms with Crippen LogP contribution >= 0.6 is 0 Å². The Morgan fingerprint density at radius 1 is 1.15 bits per heavy atom. The molecule has 0 saturated heterocycles. The predicted molar refractivity (Wildman–Crippen MR) is 80.1 cm³/mol. The van der Waals surface area contributed by atoms with Crippen molar-refractivity contribution >= 4 is 17.1 Å². The molecule has 2 rings (SSSR count). The van der Waals surface area contributed by atoms with Crippen LogP contribution in [0.5, 0.6) is 5.88 Å². The number of H-pyrrole nitrogens is 1. The van der Waals surface area contributed by atoms with E-state index in [1.165, 1.54) is 32.1 Å². The first-order chi connectivity index (χ1) is 9.85. The van der Waals surface area contributed by atoms with E-state index < -0.39 is 0 Å². The van der Waals surface area contributed by atoms with Gasteiger partial charge in [0.25, 0.3) is 0 Å². The van der Waals surface area contributed by atoms with Crippen molar-refractivity contribution in [2.24, 2.45) is 0 Å². The third kappa shape index (κ3) is 3.82. The molecule has 0 unspecified atom stereocenters. The van der Waals surface area contributed by atoms with Gasteiger partial charge in [-0.1, -0.05) is 39.0 Å². The first kappa shape index (κ1) is 14.6. The Balaban J connectivity index is 1.84. The van der Waals surface area contributed by atoms with Crippen LogP contribution in [0.2, 0.25) is 0 Å². The van der Waals surface area contributed by atoms with Crippen LogP contribution in [-0.4, -0.2) is 33.6 Å². The highest BCUT2D eigenvalue weighted by Gasteiger charge is 2.10. The molecule has 6 heteroatoms. The highest BCUT2D eigenvalue weighted by molar-refractivity contribution is 5.76. The Hall–Kier alpha value is -1.85. The molecular formula is C14H23N5O. The SMILES string of the molecule is CCCCCCCCOc1nc(NC)nc2nc[nH]c12. The molecule has 20 heavy (non-hydrogen) atoms. The van der Waals surface area contributed by atoms with Crippen molar-refractivity contribution in [3.8, 4) is 5.88 Å². The molecule has 0 spiro atoms. The standard InChI is InChI=1S/C14H23N5O/c1-3-4-5-6-7-8-9-20-13-11-12(17-10-16-11)18-14(15-2)19-13/h10H,3-9H2,1-2H3,(H2,15,16,17,18,19). The molecule has 0 aliphatic rings. The molecule has 0 bridgehead atoms. The number of hydrogen-bond donors (Lipinski definition) is 2. The van der Waals surface area contributed by atoms with Gasteiger partial charge in [-0.25, -0.2) is 4.98 Å². The highest BCUT2D eigenvalue weighted by Crippen LogP contribution is 2.20. The van der Waals surface area contributed by atoms with Crippen LogP contribution in [0.4, 0.5) is 5.95 Å². The van der Waals surface area contributed by atoms with Crippen molar-refractivity contribution < 1.29 is 4.74 Å². The molecule has 6 nitrogen and oxygen atoms in total. The molecule has 2 aromatic heterocycles. The second-order valence-electron chi connectivity index (χ2n) is 4.82. The lowest BCUT2D eigenvalue weighted by Crippen LogP contribution is -2.03. The second kappa shape index (κ2) is 7.67. The van der Waals surface area contributed by atoms with Crippen molar-refractivity contribution in [1.29, 1.82) is 0 Å². The summed E-state index contributed by atoms with van der Waals surface area (Å²) in [7, 11) is 1.78. The number of aromatic amines is 1. The fourth-order valence-electron chi connectivity index (χ4n) is 2.07. The molecule has 0 aliphatic carbocycles. The van der Waals surface area contributed by atoms with E-state index in [-0.39, 0.29) is 0 Å². The van der Waals surface area contributed by atoms with Crippen LogP contribution in [-0.2, 0) is 0 Å². The summed E-state index contributed by atoms with van der Waals surface area (Å²) in [5.41, 5.74) is 1.39. The first-order valence-corrected chi connectivity index (χ1v) is 7.36. The number of aromatic nitrogens is 4. The molecule has 2 heterocycles. The highest BCUT2D eigenvalue weighted by atomic mass is 16.5. The van der Waals surface area contributed by atoms with Crippen molar-refractivity contribution in [3.05, 3.63) is 6.33 Å². The Bertz CT molecular complexity index is 525. The van der Waals surface area contributed by atoms with Crippen LogP contribution in [0.25, 0.3) is 11.2 Å². The molecule has 2 aromatic rings. The lowest BCUT2D eigenvalue weighted by Gasteiger charge is -2.07. The Labute approximate surface area is 119 Å². The summed E-state index contributed by atoms with van der Waals surface area (Å²) in [6.45, 7) is 2.91. The maximum atomic E-state index is 5.76. The number of nitrogens with zero attached hydrogens (tertiary/aromatic N) is 3. The van der Waals surface area contributed by atoms with Gasteiger partial charge >= 0.3 is 0 Å². The Morgan fingerprint density at radius 3 is 2.75 bits per heavy atom. The third-order valence-electron chi connectivity index (χ3n) is 3.21. The van der Waals surface area contributed by atoms with E-state index in [4.69, 9.17) is 4.74 Å². The van der Waals surface area contributed by atoms with E-state index in [9.17, 15) is 0 Å². The van der Waals surface area contributed by atoms with Gasteiger partial charge in [0.15, 0.2) is 5.65 Å². The molecule has 0 radical (unpaired) electrons. The molecule has 0 atom stereocenters. The van der Waals surface area contributed by atoms with Gasteiger partial charge < -0.3 is 15.0 Å². The van der Waals surface area contributed by atoms with Crippen LogP contribution in [0, 0.1) is 0 Å². The van der Waals surface area contributed by atoms with E-state index in [1.54, 1.807) is 13.4 Å². The topological polar surface area (TPSA) is 75.7 Å². The lowest BCUT2D eigenvalue weighted by molar-refractivity contribution is 0.296. The van der Waals surface area contributed by atoms with Crippen molar-refractivity contribution in [2.75, 3.05) is 19.0 Å². The number of imidazole rings is 1. The van der Waals surface area contributed by atoms with Crippen molar-refractivity contribution in [1.82, 2.24) is 19.9 Å². The van der Waals surface area contributed by atoms with Gasteiger partial charge in [-0.3, -0.25) is 0 Å².